The van der Waals surface area contributed by atoms with Gasteiger partial charge >= 0.3 is 0 Å². The van der Waals surface area contributed by atoms with E-state index >= 15 is 0 Å². The predicted molar refractivity (Wildman–Crippen MR) is 78.2 cm³/mol. The highest BCUT2D eigenvalue weighted by Gasteiger charge is 2.23. The monoisotopic (exact) mass is 260 g/mol. The molecule has 1 rings (SSSR count). The molecule has 0 fully saturated rings. The van der Waals surface area contributed by atoms with Gasteiger partial charge in [0, 0.05) is 6.04 Å². The number of ether oxygens (including phenoxy) is 1. The molecule has 0 spiro atoms. The van der Waals surface area contributed by atoms with Crippen molar-refractivity contribution >= 4 is 0 Å². The molecule has 0 aromatic heterocycles. The highest BCUT2D eigenvalue weighted by atomic mass is 16.5. The summed E-state index contributed by atoms with van der Waals surface area (Å²) in [7, 11) is 0. The Kier molecular flexibility index (Phi) is 5.85. The average molecular weight is 260 g/mol. The SMILES string of the molecule is Cc1ccccc1OCCCC(C)(C#N)NC(C)C. The Labute approximate surface area is 116 Å². The van der Waals surface area contributed by atoms with E-state index in [1.54, 1.807) is 0 Å². The molecule has 0 aliphatic heterocycles. The minimum absolute atomic E-state index is 0.307. The molecule has 0 bridgehead atoms. The van der Waals surface area contributed by atoms with Crippen molar-refractivity contribution in [1.29, 1.82) is 5.26 Å². The van der Waals surface area contributed by atoms with Crippen molar-refractivity contribution in [2.45, 2.75) is 52.1 Å². The Morgan fingerprint density at radius 2 is 2.05 bits per heavy atom. The van der Waals surface area contributed by atoms with Crippen molar-refractivity contribution in [1.82, 2.24) is 5.32 Å². The van der Waals surface area contributed by atoms with Crippen molar-refractivity contribution in [3.8, 4) is 11.8 Å². The Bertz CT molecular complexity index is 437. The molecule has 1 N–H and O–H groups in total. The van der Waals surface area contributed by atoms with Crippen molar-refractivity contribution < 1.29 is 4.74 Å². The van der Waals surface area contributed by atoms with E-state index in [4.69, 9.17) is 4.74 Å². The topological polar surface area (TPSA) is 45.0 Å². The summed E-state index contributed by atoms with van der Waals surface area (Å²) in [6, 6.07) is 10.7. The summed E-state index contributed by atoms with van der Waals surface area (Å²) >= 11 is 0. The van der Waals surface area contributed by atoms with Crippen LogP contribution in [0.2, 0.25) is 0 Å². The van der Waals surface area contributed by atoms with Crippen LogP contribution in [0, 0.1) is 18.3 Å². The van der Waals surface area contributed by atoms with Gasteiger partial charge in [0.05, 0.1) is 12.7 Å². The minimum atomic E-state index is -0.469. The van der Waals surface area contributed by atoms with Crippen LogP contribution in [-0.2, 0) is 0 Å². The van der Waals surface area contributed by atoms with Gasteiger partial charge in [0.25, 0.3) is 0 Å². The number of hydrogen-bond acceptors (Lipinski definition) is 3. The second-order valence-corrected chi connectivity index (χ2v) is 5.46. The summed E-state index contributed by atoms with van der Waals surface area (Å²) in [6.07, 6.45) is 1.64. The minimum Gasteiger partial charge on any atom is -0.493 e. The highest BCUT2D eigenvalue weighted by molar-refractivity contribution is 5.31. The number of nitrogens with one attached hydrogen (secondary N) is 1. The molecule has 3 nitrogen and oxygen atoms in total. The third kappa shape index (κ3) is 5.32. The molecule has 1 aromatic carbocycles. The van der Waals surface area contributed by atoms with Crippen LogP contribution in [0.5, 0.6) is 5.75 Å². The van der Waals surface area contributed by atoms with Gasteiger partial charge < -0.3 is 4.74 Å². The largest absolute Gasteiger partial charge is 0.493 e. The van der Waals surface area contributed by atoms with E-state index in [-0.39, 0.29) is 0 Å². The van der Waals surface area contributed by atoms with Gasteiger partial charge in [-0.3, -0.25) is 5.32 Å². The molecular formula is C16H24N2O. The molecule has 104 valence electrons. The molecule has 1 aromatic rings. The fourth-order valence-electron chi connectivity index (χ4n) is 2.12. The smallest absolute Gasteiger partial charge is 0.122 e. The summed E-state index contributed by atoms with van der Waals surface area (Å²) < 4.78 is 5.74. The van der Waals surface area contributed by atoms with Gasteiger partial charge in [0.2, 0.25) is 0 Å². The normalized spacial score (nSPS) is 13.9. The third-order valence-corrected chi connectivity index (χ3v) is 3.03. The maximum atomic E-state index is 9.24. The van der Waals surface area contributed by atoms with Crippen LogP contribution in [-0.4, -0.2) is 18.2 Å². The number of nitrogens with zero attached hydrogens (tertiary/aromatic N) is 1. The van der Waals surface area contributed by atoms with E-state index in [0.29, 0.717) is 12.6 Å². The van der Waals surface area contributed by atoms with Crippen molar-refractivity contribution in [2.24, 2.45) is 0 Å². The van der Waals surface area contributed by atoms with Crippen molar-refractivity contribution in [3.63, 3.8) is 0 Å². The molecule has 0 heterocycles. The molecular weight excluding hydrogens is 236 g/mol. The van der Waals surface area contributed by atoms with Gasteiger partial charge in [-0.1, -0.05) is 18.2 Å². The van der Waals surface area contributed by atoms with E-state index in [1.807, 2.05) is 38.1 Å². The quantitative estimate of drug-likeness (QED) is 0.764. The summed E-state index contributed by atoms with van der Waals surface area (Å²) in [4.78, 5) is 0. The summed E-state index contributed by atoms with van der Waals surface area (Å²) in [5, 5.41) is 12.5. The summed E-state index contributed by atoms with van der Waals surface area (Å²) in [5.41, 5.74) is 0.675. The fourth-order valence-corrected chi connectivity index (χ4v) is 2.12. The highest BCUT2D eigenvalue weighted by Crippen LogP contribution is 2.18. The summed E-state index contributed by atoms with van der Waals surface area (Å²) in [5.74, 6) is 0.929. The molecule has 1 unspecified atom stereocenters. The number of hydrogen-bond donors (Lipinski definition) is 1. The van der Waals surface area contributed by atoms with Gasteiger partial charge in [0.1, 0.15) is 11.3 Å². The van der Waals surface area contributed by atoms with Crippen LogP contribution in [0.4, 0.5) is 0 Å². The first-order valence-electron chi connectivity index (χ1n) is 6.84. The van der Waals surface area contributed by atoms with Gasteiger partial charge in [-0.2, -0.15) is 5.26 Å². The van der Waals surface area contributed by atoms with Crippen LogP contribution in [0.15, 0.2) is 24.3 Å². The number of rotatable bonds is 7. The van der Waals surface area contributed by atoms with Gasteiger partial charge in [0.15, 0.2) is 0 Å². The lowest BCUT2D eigenvalue weighted by Gasteiger charge is -2.25. The van der Waals surface area contributed by atoms with Gasteiger partial charge in [-0.05, 0) is 52.2 Å². The lowest BCUT2D eigenvalue weighted by Crippen LogP contribution is -2.45. The molecule has 1 atom stereocenters. The molecule has 19 heavy (non-hydrogen) atoms. The summed E-state index contributed by atoms with van der Waals surface area (Å²) in [6.45, 7) is 8.73. The zero-order chi connectivity index (χ0) is 14.3. The maximum Gasteiger partial charge on any atom is 0.122 e. The number of aryl methyl sites for hydroxylation is 1. The standard InChI is InChI=1S/C16H24N2O/c1-13(2)18-16(4,12-17)10-7-11-19-15-9-6-5-8-14(15)3/h5-6,8-9,13,18H,7,10-11H2,1-4H3. The zero-order valence-corrected chi connectivity index (χ0v) is 12.4. The Hall–Kier alpha value is -1.53. The Balaban J connectivity index is 2.38. The lowest BCUT2D eigenvalue weighted by atomic mass is 9.97. The van der Waals surface area contributed by atoms with Crippen LogP contribution in [0.25, 0.3) is 0 Å². The zero-order valence-electron chi connectivity index (χ0n) is 12.4. The van der Waals surface area contributed by atoms with Crippen LogP contribution >= 0.6 is 0 Å². The van der Waals surface area contributed by atoms with Crippen LogP contribution in [0.1, 0.15) is 39.2 Å². The lowest BCUT2D eigenvalue weighted by molar-refractivity contribution is 0.279. The second-order valence-electron chi connectivity index (χ2n) is 5.46. The Morgan fingerprint density at radius 3 is 2.63 bits per heavy atom. The fraction of sp³-hybridized carbons (Fsp3) is 0.562. The van der Waals surface area contributed by atoms with Crippen molar-refractivity contribution in [2.75, 3.05) is 6.61 Å². The molecule has 0 aliphatic carbocycles. The van der Waals surface area contributed by atoms with Gasteiger partial charge in [-0.25, -0.2) is 0 Å². The third-order valence-electron chi connectivity index (χ3n) is 3.03. The Morgan fingerprint density at radius 1 is 1.37 bits per heavy atom. The average Bonchev–Trinajstić information content (AvgIpc) is 2.36. The molecule has 0 saturated carbocycles. The van der Waals surface area contributed by atoms with E-state index in [2.05, 4.69) is 25.2 Å². The molecule has 3 heteroatoms. The first-order chi connectivity index (χ1) is 8.97. The first kappa shape index (κ1) is 15.5. The predicted octanol–water partition coefficient (Wildman–Crippen LogP) is 3.43. The van der Waals surface area contributed by atoms with E-state index in [1.165, 1.54) is 0 Å². The maximum absolute atomic E-state index is 9.24. The van der Waals surface area contributed by atoms with E-state index in [9.17, 15) is 5.26 Å². The van der Waals surface area contributed by atoms with Crippen LogP contribution < -0.4 is 10.1 Å². The molecule has 0 amide bonds. The molecule has 0 aliphatic rings. The first-order valence-corrected chi connectivity index (χ1v) is 6.84. The van der Waals surface area contributed by atoms with Crippen molar-refractivity contribution in [3.05, 3.63) is 29.8 Å². The second kappa shape index (κ2) is 7.16. The molecule has 0 radical (unpaired) electrons. The van der Waals surface area contributed by atoms with Gasteiger partial charge in [-0.15, -0.1) is 0 Å². The number of para-hydroxylation sites is 1. The van der Waals surface area contributed by atoms with Crippen LogP contribution in [0.3, 0.4) is 0 Å². The van der Waals surface area contributed by atoms with E-state index < -0.39 is 5.54 Å². The molecule has 0 saturated heterocycles. The number of benzene rings is 1. The van der Waals surface area contributed by atoms with E-state index in [0.717, 1.165) is 24.2 Å². The number of nitriles is 1.